The second kappa shape index (κ2) is 34.5. The van der Waals surface area contributed by atoms with Crippen LogP contribution in [0.15, 0.2) is 12.4 Å². The molecule has 0 bridgehead atoms. The van der Waals surface area contributed by atoms with E-state index in [1.54, 1.807) is 5.82 Å². The van der Waals surface area contributed by atoms with Crippen LogP contribution < -0.4 is 4.57 Å². The molecule has 0 radical (unpaired) electrons. The molecular weight excluding hydrogens is 544 g/mol. The van der Waals surface area contributed by atoms with Crippen molar-refractivity contribution in [2.75, 3.05) is 0 Å². The van der Waals surface area contributed by atoms with E-state index in [0.717, 1.165) is 0 Å². The molecule has 0 spiro atoms. The molecule has 1 rings (SSSR count). The van der Waals surface area contributed by atoms with Gasteiger partial charge in [0.1, 0.15) is 12.4 Å². The van der Waals surface area contributed by atoms with E-state index in [9.17, 15) is 0 Å². The molecule has 2 nitrogen and oxygen atoms in total. The lowest BCUT2D eigenvalue weighted by Gasteiger charge is -2.07. The molecule has 0 unspecified atom stereocenters. The molecule has 0 atom stereocenters. The molecule has 0 saturated heterocycles. The van der Waals surface area contributed by atoms with Gasteiger partial charge in [-0.2, -0.15) is 0 Å². The fourth-order valence-electron chi connectivity index (χ4n) is 7.21. The first-order valence-corrected chi connectivity index (χ1v) is 21.4. The Bertz CT molecular complexity index is 692. The van der Waals surface area contributed by atoms with Crippen molar-refractivity contribution in [2.24, 2.45) is 0 Å². The SMILES string of the molecule is CCCCCCCCCCCCCCCCCCC[n+]1ccn(CCCCCC)c1CCCCCCCCCCCCCCC. The third kappa shape index (κ3) is 26.9. The molecule has 45 heavy (non-hydrogen) atoms. The highest BCUT2D eigenvalue weighted by Gasteiger charge is 2.16. The number of aryl methyl sites for hydroxylation is 2. The standard InChI is InChI=1S/C43H85N2/c1-4-7-10-13-15-17-19-21-22-23-24-26-28-30-32-34-37-40-45-42-41-44(39-36-12-9-6-3)43(45)38-35-33-31-29-27-25-20-18-16-14-11-8-5-2/h41-42H,4-40H2,1-3H3/q+1. The largest absolute Gasteiger partial charge is 0.256 e. The summed E-state index contributed by atoms with van der Waals surface area (Å²) in [6.07, 6.45) is 54.9. The summed E-state index contributed by atoms with van der Waals surface area (Å²) >= 11 is 0. The highest BCUT2D eigenvalue weighted by molar-refractivity contribution is 4.84. The Hall–Kier alpha value is -0.790. The van der Waals surface area contributed by atoms with Gasteiger partial charge in [0.15, 0.2) is 0 Å². The van der Waals surface area contributed by atoms with Gasteiger partial charge in [-0.25, -0.2) is 9.13 Å². The zero-order valence-corrected chi connectivity index (χ0v) is 31.7. The lowest BCUT2D eigenvalue weighted by molar-refractivity contribution is -0.704. The third-order valence-corrected chi connectivity index (χ3v) is 10.3. The Morgan fingerprint density at radius 3 is 1.07 bits per heavy atom. The van der Waals surface area contributed by atoms with E-state index >= 15 is 0 Å². The van der Waals surface area contributed by atoms with E-state index in [4.69, 9.17) is 0 Å². The number of rotatable bonds is 37. The number of unbranched alkanes of at least 4 members (excludes halogenated alkanes) is 31. The van der Waals surface area contributed by atoms with Crippen molar-refractivity contribution in [2.45, 2.75) is 259 Å². The van der Waals surface area contributed by atoms with Gasteiger partial charge in [0, 0.05) is 6.42 Å². The maximum Gasteiger partial charge on any atom is 0.256 e. The van der Waals surface area contributed by atoms with Gasteiger partial charge in [-0.05, 0) is 32.1 Å². The summed E-state index contributed by atoms with van der Waals surface area (Å²) in [5.74, 6) is 1.62. The monoisotopic (exact) mass is 630 g/mol. The quantitative estimate of drug-likeness (QED) is 0.0511. The van der Waals surface area contributed by atoms with E-state index in [1.165, 1.54) is 238 Å². The van der Waals surface area contributed by atoms with E-state index in [2.05, 4.69) is 42.3 Å². The Morgan fingerprint density at radius 2 is 0.689 bits per heavy atom. The van der Waals surface area contributed by atoms with Crippen LogP contribution in [0.4, 0.5) is 0 Å². The predicted molar refractivity (Wildman–Crippen MR) is 202 cm³/mol. The first-order chi connectivity index (χ1) is 22.3. The molecule has 0 N–H and O–H groups in total. The number of hydrogen-bond acceptors (Lipinski definition) is 0. The van der Waals surface area contributed by atoms with Crippen molar-refractivity contribution in [3.05, 3.63) is 18.2 Å². The van der Waals surface area contributed by atoms with Crippen LogP contribution in [0, 0.1) is 0 Å². The van der Waals surface area contributed by atoms with E-state index in [-0.39, 0.29) is 0 Å². The summed E-state index contributed by atoms with van der Waals surface area (Å²) in [6, 6.07) is 0. The molecular formula is C43H85N2+. The molecule has 1 heterocycles. The number of nitrogens with zero attached hydrogens (tertiary/aromatic N) is 2. The van der Waals surface area contributed by atoms with Crippen molar-refractivity contribution in [1.82, 2.24) is 4.57 Å². The summed E-state index contributed by atoms with van der Waals surface area (Å²) < 4.78 is 5.25. The highest BCUT2D eigenvalue weighted by Crippen LogP contribution is 2.16. The zero-order valence-electron chi connectivity index (χ0n) is 31.7. The van der Waals surface area contributed by atoms with Gasteiger partial charge in [-0.15, -0.1) is 0 Å². The Morgan fingerprint density at radius 1 is 0.378 bits per heavy atom. The summed E-state index contributed by atoms with van der Waals surface area (Å²) in [5, 5.41) is 0. The van der Waals surface area contributed by atoms with Crippen molar-refractivity contribution >= 4 is 0 Å². The Kier molecular flexibility index (Phi) is 32.4. The number of imidazole rings is 1. The average molecular weight is 630 g/mol. The summed E-state index contributed by atoms with van der Waals surface area (Å²) in [4.78, 5) is 0. The molecule has 0 aliphatic heterocycles. The molecule has 0 aromatic carbocycles. The van der Waals surface area contributed by atoms with Gasteiger partial charge >= 0.3 is 0 Å². The van der Waals surface area contributed by atoms with Gasteiger partial charge < -0.3 is 0 Å². The maximum atomic E-state index is 2.63. The summed E-state index contributed by atoms with van der Waals surface area (Å²) in [6.45, 7) is 9.40. The normalized spacial score (nSPS) is 11.6. The molecule has 0 fully saturated rings. The third-order valence-electron chi connectivity index (χ3n) is 10.3. The second-order valence-corrected chi connectivity index (χ2v) is 14.8. The van der Waals surface area contributed by atoms with Crippen LogP contribution in [-0.4, -0.2) is 4.57 Å². The summed E-state index contributed by atoms with van der Waals surface area (Å²) in [5.41, 5.74) is 0. The van der Waals surface area contributed by atoms with E-state index in [0.29, 0.717) is 0 Å². The minimum atomic E-state index is 1.22. The fraction of sp³-hybridized carbons (Fsp3) is 0.930. The van der Waals surface area contributed by atoms with Crippen LogP contribution in [0.3, 0.4) is 0 Å². The molecule has 1 aromatic rings. The molecule has 0 amide bonds. The van der Waals surface area contributed by atoms with Crippen LogP contribution in [0.25, 0.3) is 0 Å². The topological polar surface area (TPSA) is 8.81 Å². The van der Waals surface area contributed by atoms with Gasteiger partial charge in [-0.3, -0.25) is 0 Å². The predicted octanol–water partition coefficient (Wildman–Crippen LogP) is 14.6. The van der Waals surface area contributed by atoms with E-state index in [1.807, 2.05) is 0 Å². The van der Waals surface area contributed by atoms with Crippen molar-refractivity contribution in [1.29, 1.82) is 0 Å². The Balaban J connectivity index is 2.13. The molecule has 1 aromatic heterocycles. The molecule has 266 valence electrons. The van der Waals surface area contributed by atoms with Crippen molar-refractivity contribution < 1.29 is 4.57 Å². The fourth-order valence-corrected chi connectivity index (χ4v) is 7.21. The lowest BCUT2D eigenvalue weighted by Crippen LogP contribution is -2.37. The maximum absolute atomic E-state index is 2.63. The number of aromatic nitrogens is 2. The smallest absolute Gasteiger partial charge is 0.234 e. The first-order valence-electron chi connectivity index (χ1n) is 21.4. The number of hydrogen-bond donors (Lipinski definition) is 0. The van der Waals surface area contributed by atoms with Crippen molar-refractivity contribution in [3.63, 3.8) is 0 Å². The summed E-state index contributed by atoms with van der Waals surface area (Å²) in [7, 11) is 0. The van der Waals surface area contributed by atoms with Gasteiger partial charge in [0.2, 0.25) is 0 Å². The van der Waals surface area contributed by atoms with Gasteiger partial charge in [-0.1, -0.05) is 207 Å². The van der Waals surface area contributed by atoms with Crippen LogP contribution >= 0.6 is 0 Å². The zero-order chi connectivity index (χ0) is 32.3. The first kappa shape index (κ1) is 42.2. The molecule has 0 saturated carbocycles. The van der Waals surface area contributed by atoms with Gasteiger partial charge in [0.05, 0.1) is 13.1 Å². The molecule has 0 aliphatic carbocycles. The van der Waals surface area contributed by atoms with Crippen molar-refractivity contribution in [3.8, 4) is 0 Å². The Labute approximate surface area is 285 Å². The second-order valence-electron chi connectivity index (χ2n) is 14.8. The van der Waals surface area contributed by atoms with Crippen LogP contribution in [-0.2, 0) is 19.5 Å². The lowest BCUT2D eigenvalue weighted by atomic mass is 10.0. The highest BCUT2D eigenvalue weighted by atomic mass is 15.1. The minimum Gasteiger partial charge on any atom is -0.234 e. The minimum absolute atomic E-state index is 1.22. The molecule has 0 aliphatic rings. The van der Waals surface area contributed by atoms with Crippen LogP contribution in [0.5, 0.6) is 0 Å². The van der Waals surface area contributed by atoms with Crippen LogP contribution in [0.2, 0.25) is 0 Å². The average Bonchev–Trinajstić information content (AvgIpc) is 3.44. The van der Waals surface area contributed by atoms with Crippen LogP contribution in [0.1, 0.15) is 245 Å². The molecule has 2 heteroatoms. The van der Waals surface area contributed by atoms with E-state index < -0.39 is 0 Å². The van der Waals surface area contributed by atoms with Gasteiger partial charge in [0.25, 0.3) is 5.82 Å².